The summed E-state index contributed by atoms with van der Waals surface area (Å²) in [6.07, 6.45) is 0.247. The number of hydrogen-bond donors (Lipinski definition) is 2. The van der Waals surface area contributed by atoms with Crippen LogP contribution in [0.5, 0.6) is 0 Å². The summed E-state index contributed by atoms with van der Waals surface area (Å²) in [7, 11) is 1.50. The highest BCUT2D eigenvalue weighted by atomic mass is 19.4. The molecule has 3 N–H and O–H groups in total. The Morgan fingerprint density at radius 3 is 2.33 bits per heavy atom. The lowest BCUT2D eigenvalue weighted by Gasteiger charge is -2.39. The zero-order valence-electron chi connectivity index (χ0n) is 25.6. The van der Waals surface area contributed by atoms with Gasteiger partial charge in [0.2, 0.25) is 0 Å². The number of ether oxygens (including phenoxy) is 1. The molecule has 6 rings (SSSR count). The molecule has 4 aliphatic rings. The van der Waals surface area contributed by atoms with Crippen molar-refractivity contribution in [2.24, 2.45) is 11.7 Å². The third kappa shape index (κ3) is 6.84. The molecule has 1 aromatic heterocycles. The number of benzene rings is 1. The van der Waals surface area contributed by atoms with E-state index in [1.807, 2.05) is 11.6 Å². The molecule has 0 radical (unpaired) electrons. The quantitative estimate of drug-likeness (QED) is 0.492. The monoisotopic (exact) mass is 631 g/mol. The van der Waals surface area contributed by atoms with Crippen molar-refractivity contribution in [1.29, 1.82) is 5.26 Å². The number of halogens is 3. The van der Waals surface area contributed by atoms with Crippen LogP contribution in [0.15, 0.2) is 24.3 Å². The molecular formula is C31H40F3N7O4. The number of alkyl halides is 3. The number of nitriles is 1. The van der Waals surface area contributed by atoms with E-state index >= 15 is 0 Å². The van der Waals surface area contributed by atoms with Crippen molar-refractivity contribution in [3.63, 3.8) is 0 Å². The van der Waals surface area contributed by atoms with Crippen LogP contribution < -0.4 is 16.0 Å². The topological polar surface area (TPSA) is 147 Å². The highest BCUT2D eigenvalue weighted by molar-refractivity contribution is 6.07. The molecule has 2 atom stereocenters. The van der Waals surface area contributed by atoms with Crippen molar-refractivity contribution < 1.29 is 32.3 Å². The van der Waals surface area contributed by atoms with Gasteiger partial charge in [0.15, 0.2) is 5.69 Å². The molecule has 11 nitrogen and oxygen atoms in total. The minimum Gasteiger partial charge on any atom is -0.381 e. The molecule has 3 aliphatic heterocycles. The number of rotatable bonds is 6. The molecule has 3 fully saturated rings. The summed E-state index contributed by atoms with van der Waals surface area (Å²) in [4.78, 5) is 44.7. The minimum atomic E-state index is -4.61. The fourth-order valence-corrected chi connectivity index (χ4v) is 6.50. The number of aromatic nitrogens is 2. The van der Waals surface area contributed by atoms with Crippen molar-refractivity contribution in [3.05, 3.63) is 46.6 Å². The Kier molecular flexibility index (Phi) is 10.9. The van der Waals surface area contributed by atoms with Gasteiger partial charge < -0.3 is 20.7 Å². The van der Waals surface area contributed by atoms with Crippen LogP contribution in [0.1, 0.15) is 89.4 Å². The van der Waals surface area contributed by atoms with Gasteiger partial charge >= 0.3 is 6.18 Å². The average molecular weight is 632 g/mol. The van der Waals surface area contributed by atoms with Gasteiger partial charge in [-0.2, -0.15) is 18.3 Å². The number of hydrogen-bond acceptors (Lipinski definition) is 7. The van der Waals surface area contributed by atoms with E-state index in [0.717, 1.165) is 37.8 Å². The molecule has 2 unspecified atom stereocenters. The van der Waals surface area contributed by atoms with E-state index in [2.05, 4.69) is 17.6 Å². The van der Waals surface area contributed by atoms with Crippen LogP contribution in [0.25, 0.3) is 0 Å². The highest BCUT2D eigenvalue weighted by Crippen LogP contribution is 2.52. The molecule has 2 aromatic rings. The standard InChI is InChI=1S/C29H34F3N5O4.CH5N.CHN/c1-2-36-26-22(24(27(39)35-12-3-4-13-35)34-37(26)20-10-14-41-15-11-20)21(17-8-9-17)23(28(36)40)33-25(38)18-6-5-7-19(16-18)29(30,31)32;2*1-2/h5-7,16-17,20-21,23H,2-4,8-15H2,1H3,(H,33,38);2H2,1H3;1H. The normalized spacial score (nSPS) is 21.6. The lowest BCUT2D eigenvalue weighted by Crippen LogP contribution is -2.56. The van der Waals surface area contributed by atoms with Crippen LogP contribution in [0.4, 0.5) is 19.0 Å². The molecule has 1 saturated carbocycles. The molecule has 244 valence electrons. The zero-order chi connectivity index (χ0) is 32.9. The SMILES string of the molecule is C#N.CCN1C(=O)C(NC(=O)c2cccc(C(F)(F)F)c2)C(C2CC2)c2c(C(=O)N3CCCC3)nn(C3CCOCC3)c21.CN. The zero-order valence-corrected chi connectivity index (χ0v) is 25.6. The second kappa shape index (κ2) is 14.4. The van der Waals surface area contributed by atoms with Gasteiger partial charge in [0.25, 0.3) is 17.7 Å². The molecule has 1 aliphatic carbocycles. The molecule has 0 spiro atoms. The van der Waals surface area contributed by atoms with Crippen molar-refractivity contribution >= 4 is 23.5 Å². The minimum absolute atomic E-state index is 0.0426. The summed E-state index contributed by atoms with van der Waals surface area (Å²) in [5, 5.41) is 14.2. The summed E-state index contributed by atoms with van der Waals surface area (Å²) < 4.78 is 47.4. The first kappa shape index (κ1) is 33.9. The van der Waals surface area contributed by atoms with Crippen molar-refractivity contribution in [2.75, 3.05) is 44.8 Å². The van der Waals surface area contributed by atoms with Crippen LogP contribution in [0, 0.1) is 17.8 Å². The van der Waals surface area contributed by atoms with E-state index in [-0.39, 0.29) is 35.9 Å². The second-order valence-corrected chi connectivity index (χ2v) is 11.3. The first-order valence-corrected chi connectivity index (χ1v) is 15.3. The first-order valence-electron chi connectivity index (χ1n) is 15.3. The summed E-state index contributed by atoms with van der Waals surface area (Å²) in [6.45, 7) is 7.99. The summed E-state index contributed by atoms with van der Waals surface area (Å²) in [5.41, 5.74) is 4.37. The fraction of sp³-hybridized carbons (Fsp3) is 0.581. The molecule has 1 aromatic carbocycles. The summed E-state index contributed by atoms with van der Waals surface area (Å²) >= 11 is 0. The van der Waals surface area contributed by atoms with Crippen LogP contribution >= 0.6 is 0 Å². The van der Waals surface area contributed by atoms with Crippen LogP contribution in [-0.2, 0) is 15.7 Å². The molecule has 45 heavy (non-hydrogen) atoms. The van der Waals surface area contributed by atoms with Crippen LogP contribution in [0.2, 0.25) is 0 Å². The molecular weight excluding hydrogens is 591 g/mol. The third-order valence-corrected chi connectivity index (χ3v) is 8.72. The lowest BCUT2D eigenvalue weighted by atomic mass is 9.82. The largest absolute Gasteiger partial charge is 0.416 e. The number of likely N-dealkylation sites (N-methyl/N-ethyl adjacent to an activating group) is 1. The van der Waals surface area contributed by atoms with Gasteiger partial charge in [0.1, 0.15) is 11.9 Å². The maximum absolute atomic E-state index is 14.1. The Morgan fingerprint density at radius 2 is 1.76 bits per heavy atom. The van der Waals surface area contributed by atoms with Gasteiger partial charge in [-0.05, 0) is 76.6 Å². The number of amides is 3. The molecule has 4 heterocycles. The third-order valence-electron chi connectivity index (χ3n) is 8.72. The first-order chi connectivity index (χ1) is 21.7. The Labute approximate surface area is 260 Å². The average Bonchev–Trinajstić information content (AvgIpc) is 3.60. The van der Waals surface area contributed by atoms with Crippen molar-refractivity contribution in [2.45, 2.75) is 69.6 Å². The maximum atomic E-state index is 14.1. The molecule has 0 bridgehead atoms. The smallest absolute Gasteiger partial charge is 0.381 e. The highest BCUT2D eigenvalue weighted by Gasteiger charge is 2.52. The summed E-state index contributed by atoms with van der Waals surface area (Å²) in [5.74, 6) is -1.14. The maximum Gasteiger partial charge on any atom is 0.416 e. The van der Waals surface area contributed by atoms with Crippen LogP contribution in [-0.4, -0.2) is 78.3 Å². The van der Waals surface area contributed by atoms with E-state index < -0.39 is 29.6 Å². The number of anilines is 1. The Morgan fingerprint density at radius 1 is 1.11 bits per heavy atom. The van der Waals surface area contributed by atoms with Crippen LogP contribution in [0.3, 0.4) is 0 Å². The Bertz CT molecular complexity index is 1390. The number of nitrogens with two attached hydrogens (primary N) is 1. The van der Waals surface area contributed by atoms with Gasteiger partial charge in [-0.25, -0.2) is 9.94 Å². The number of nitrogens with one attached hydrogen (secondary N) is 1. The van der Waals surface area contributed by atoms with E-state index in [1.165, 1.54) is 19.2 Å². The number of nitrogens with zero attached hydrogens (tertiary/aromatic N) is 5. The number of carbonyl (C=O) groups is 3. The second-order valence-electron chi connectivity index (χ2n) is 11.3. The number of likely N-dealkylation sites (tertiary alicyclic amines) is 1. The van der Waals surface area contributed by atoms with Gasteiger partial charge in [-0.1, -0.05) is 6.07 Å². The lowest BCUT2D eigenvalue weighted by molar-refractivity contribution is -0.137. The van der Waals surface area contributed by atoms with E-state index in [1.54, 1.807) is 9.80 Å². The molecule has 14 heteroatoms. The van der Waals surface area contributed by atoms with E-state index in [4.69, 9.17) is 15.1 Å². The van der Waals surface area contributed by atoms with Gasteiger partial charge in [-0.15, -0.1) is 0 Å². The number of carbonyl (C=O) groups excluding carboxylic acids is 3. The Hall–Kier alpha value is -3.96. The predicted octanol–water partition coefficient (Wildman–Crippen LogP) is 3.86. The van der Waals surface area contributed by atoms with E-state index in [0.29, 0.717) is 56.2 Å². The molecule has 2 saturated heterocycles. The van der Waals surface area contributed by atoms with Crippen molar-refractivity contribution in [1.82, 2.24) is 20.0 Å². The number of fused-ring (bicyclic) bond motifs is 1. The van der Waals surface area contributed by atoms with Gasteiger partial charge in [0, 0.05) is 56.5 Å². The predicted molar refractivity (Wildman–Crippen MR) is 159 cm³/mol. The van der Waals surface area contributed by atoms with Crippen molar-refractivity contribution in [3.8, 4) is 6.57 Å². The molecule has 3 amide bonds. The van der Waals surface area contributed by atoms with Gasteiger partial charge in [0.05, 0.1) is 11.6 Å². The Balaban J connectivity index is 0.00000111. The summed E-state index contributed by atoms with van der Waals surface area (Å²) in [6, 6.07) is 3.11. The fourth-order valence-electron chi connectivity index (χ4n) is 6.50. The van der Waals surface area contributed by atoms with Gasteiger partial charge in [-0.3, -0.25) is 19.3 Å². The van der Waals surface area contributed by atoms with E-state index in [9.17, 15) is 27.6 Å².